The predicted molar refractivity (Wildman–Crippen MR) is 144 cm³/mol. The minimum Gasteiger partial charge on any atom is -0.494 e. The minimum absolute atomic E-state index is 0.0780. The van der Waals surface area contributed by atoms with Gasteiger partial charge in [-0.25, -0.2) is 4.90 Å². The van der Waals surface area contributed by atoms with Crippen LogP contribution in [0.4, 0.5) is 5.69 Å². The number of anilines is 1. The lowest BCUT2D eigenvalue weighted by Crippen LogP contribution is -3.30. The number of benzene rings is 3. The lowest BCUT2D eigenvalue weighted by atomic mass is 9.96. The molecule has 0 unspecified atom stereocenters. The second-order valence-electron chi connectivity index (χ2n) is 10.1. The Bertz CT molecular complexity index is 1140. The maximum absolute atomic E-state index is 13.4. The van der Waals surface area contributed by atoms with Crippen LogP contribution in [0.1, 0.15) is 43.4 Å². The molecular weight excluding hydrogens is 462 g/mol. The van der Waals surface area contributed by atoms with Crippen LogP contribution in [-0.2, 0) is 9.59 Å². The predicted octanol–water partition coefficient (Wildman–Crippen LogP) is 2.07. The van der Waals surface area contributed by atoms with E-state index in [0.717, 1.165) is 44.8 Å². The maximum atomic E-state index is 13.4. The number of unbranched alkanes of at least 4 members (excludes halogenated alkanes) is 1. The number of hydrogen-bond acceptors (Lipinski definition) is 3. The van der Waals surface area contributed by atoms with Gasteiger partial charge in [-0.05, 0) is 30.7 Å². The molecular formula is C31H37N3O3+2. The zero-order valence-corrected chi connectivity index (χ0v) is 21.6. The molecule has 6 heteroatoms. The topological polar surface area (TPSA) is 55.5 Å². The van der Waals surface area contributed by atoms with E-state index in [9.17, 15) is 9.59 Å². The van der Waals surface area contributed by atoms with E-state index in [2.05, 4.69) is 67.6 Å². The molecule has 3 aromatic rings. The molecule has 0 bridgehead atoms. The molecule has 0 aliphatic carbocycles. The van der Waals surface area contributed by atoms with Gasteiger partial charge in [-0.3, -0.25) is 9.59 Å². The van der Waals surface area contributed by atoms with E-state index in [4.69, 9.17) is 4.74 Å². The summed E-state index contributed by atoms with van der Waals surface area (Å²) in [6, 6.07) is 28.7. The molecule has 2 saturated heterocycles. The summed E-state index contributed by atoms with van der Waals surface area (Å²) >= 11 is 0. The lowest BCUT2D eigenvalue weighted by Gasteiger charge is -2.36. The zero-order chi connectivity index (χ0) is 25.6. The van der Waals surface area contributed by atoms with Crippen molar-refractivity contribution in [3.63, 3.8) is 0 Å². The fourth-order valence-corrected chi connectivity index (χ4v) is 5.73. The largest absolute Gasteiger partial charge is 0.494 e. The quantitative estimate of drug-likeness (QED) is 0.350. The van der Waals surface area contributed by atoms with Gasteiger partial charge in [0, 0.05) is 11.1 Å². The molecule has 0 saturated carbocycles. The van der Waals surface area contributed by atoms with Crippen LogP contribution in [0.15, 0.2) is 84.9 Å². The lowest BCUT2D eigenvalue weighted by molar-refractivity contribution is -1.03. The number of quaternary nitrogens is 2. The third-order valence-electron chi connectivity index (χ3n) is 7.71. The molecule has 2 heterocycles. The SMILES string of the molecule is CCCCOc1ccc(N2C(=O)C[C@H]([NH+]3CC[NH+](C(c4ccccc4)c4ccccc4)CC3)C2=O)cc1. The molecule has 2 amide bonds. The van der Waals surface area contributed by atoms with Gasteiger partial charge in [0.25, 0.3) is 5.91 Å². The van der Waals surface area contributed by atoms with E-state index in [0.29, 0.717) is 12.3 Å². The summed E-state index contributed by atoms with van der Waals surface area (Å²) < 4.78 is 5.73. The molecule has 2 N–H and O–H groups in total. The minimum atomic E-state index is -0.304. The molecule has 2 aliphatic rings. The first-order chi connectivity index (χ1) is 18.2. The molecule has 37 heavy (non-hydrogen) atoms. The van der Waals surface area contributed by atoms with Crippen molar-refractivity contribution in [2.75, 3.05) is 37.7 Å². The van der Waals surface area contributed by atoms with Crippen molar-refractivity contribution < 1.29 is 24.1 Å². The van der Waals surface area contributed by atoms with Crippen molar-refractivity contribution >= 4 is 17.5 Å². The van der Waals surface area contributed by atoms with E-state index in [1.54, 1.807) is 0 Å². The van der Waals surface area contributed by atoms with E-state index in [-0.39, 0.29) is 30.3 Å². The molecule has 2 aliphatic heterocycles. The first-order valence-electron chi connectivity index (χ1n) is 13.5. The number of imide groups is 1. The Hall–Kier alpha value is -3.48. The summed E-state index contributed by atoms with van der Waals surface area (Å²) in [5.74, 6) is 0.582. The number of amides is 2. The molecule has 0 radical (unpaired) electrons. The smallest absolute Gasteiger partial charge is 0.292 e. The van der Waals surface area contributed by atoms with E-state index < -0.39 is 0 Å². The second-order valence-corrected chi connectivity index (χ2v) is 10.1. The molecule has 0 aromatic heterocycles. The van der Waals surface area contributed by atoms with Gasteiger partial charge in [0.2, 0.25) is 5.91 Å². The van der Waals surface area contributed by atoms with Gasteiger partial charge in [0.15, 0.2) is 6.04 Å². The summed E-state index contributed by atoms with van der Waals surface area (Å²) in [7, 11) is 0. The summed E-state index contributed by atoms with van der Waals surface area (Å²) in [6.45, 7) is 6.44. The van der Waals surface area contributed by atoms with Crippen molar-refractivity contribution in [1.29, 1.82) is 0 Å². The molecule has 6 nitrogen and oxygen atoms in total. The van der Waals surface area contributed by atoms with E-state index in [1.807, 2.05) is 24.3 Å². The van der Waals surface area contributed by atoms with Crippen LogP contribution in [0.3, 0.4) is 0 Å². The number of nitrogens with zero attached hydrogens (tertiary/aromatic N) is 1. The number of nitrogens with one attached hydrogen (secondary N) is 2. The van der Waals surface area contributed by atoms with Gasteiger partial charge in [-0.15, -0.1) is 0 Å². The zero-order valence-electron chi connectivity index (χ0n) is 21.6. The summed E-state index contributed by atoms with van der Waals surface area (Å²) in [4.78, 5) is 30.5. The summed E-state index contributed by atoms with van der Waals surface area (Å²) in [5, 5.41) is 0. The average molecular weight is 500 g/mol. The monoisotopic (exact) mass is 499 g/mol. The van der Waals surface area contributed by atoms with Gasteiger partial charge in [0.05, 0.1) is 18.7 Å². The van der Waals surface area contributed by atoms with Gasteiger partial charge in [-0.2, -0.15) is 0 Å². The van der Waals surface area contributed by atoms with Crippen LogP contribution in [0.5, 0.6) is 5.75 Å². The Morgan fingerprint density at radius 2 is 1.43 bits per heavy atom. The molecule has 192 valence electrons. The number of rotatable bonds is 9. The highest BCUT2D eigenvalue weighted by atomic mass is 16.5. The van der Waals surface area contributed by atoms with Crippen LogP contribution >= 0.6 is 0 Å². The second kappa shape index (κ2) is 11.7. The number of carbonyl (C=O) groups excluding carboxylic acids is 2. The first kappa shape index (κ1) is 25.2. The normalized spacial score (nSPS) is 22.0. The Kier molecular flexibility index (Phi) is 7.97. The van der Waals surface area contributed by atoms with Crippen molar-refractivity contribution in [3.8, 4) is 5.75 Å². The third kappa shape index (κ3) is 5.60. The Balaban J connectivity index is 1.24. The highest BCUT2D eigenvalue weighted by Gasteiger charge is 2.47. The fourth-order valence-electron chi connectivity index (χ4n) is 5.73. The van der Waals surface area contributed by atoms with Crippen molar-refractivity contribution in [2.45, 2.75) is 38.3 Å². The van der Waals surface area contributed by atoms with Crippen molar-refractivity contribution in [2.24, 2.45) is 0 Å². The van der Waals surface area contributed by atoms with Crippen LogP contribution in [0, 0.1) is 0 Å². The Morgan fingerprint density at radius 1 is 0.838 bits per heavy atom. The molecule has 2 fully saturated rings. The number of carbonyl (C=O) groups is 2. The first-order valence-corrected chi connectivity index (χ1v) is 13.5. The number of hydrogen-bond donors (Lipinski definition) is 2. The number of piperazine rings is 1. The van der Waals surface area contributed by atoms with Gasteiger partial charge in [0.1, 0.15) is 38.0 Å². The highest BCUT2D eigenvalue weighted by Crippen LogP contribution is 2.25. The average Bonchev–Trinajstić information content (AvgIpc) is 3.24. The highest BCUT2D eigenvalue weighted by molar-refractivity contribution is 6.21. The van der Waals surface area contributed by atoms with Crippen LogP contribution in [0.2, 0.25) is 0 Å². The standard InChI is InChI=1S/C31H35N3O3/c1-2-3-22-37-27-16-14-26(15-17-27)34-29(35)23-28(31(34)36)32-18-20-33(21-19-32)30(24-10-6-4-7-11-24)25-12-8-5-9-13-25/h4-17,28,30H,2-3,18-23H2,1H3/p+2/t28-/m0/s1. The molecule has 0 spiro atoms. The molecule has 1 atom stereocenters. The van der Waals surface area contributed by atoms with Crippen LogP contribution in [-0.4, -0.2) is 50.6 Å². The summed E-state index contributed by atoms with van der Waals surface area (Å²) in [6.07, 6.45) is 2.36. The van der Waals surface area contributed by atoms with E-state index >= 15 is 0 Å². The Labute approximate surface area is 219 Å². The fraction of sp³-hybridized carbons (Fsp3) is 0.355. The maximum Gasteiger partial charge on any atom is 0.292 e. The third-order valence-corrected chi connectivity index (χ3v) is 7.71. The molecule has 3 aromatic carbocycles. The van der Waals surface area contributed by atoms with Crippen LogP contribution < -0.4 is 19.4 Å². The van der Waals surface area contributed by atoms with E-state index in [1.165, 1.54) is 25.8 Å². The number of ether oxygens (including phenoxy) is 1. The molecule has 5 rings (SSSR count). The van der Waals surface area contributed by atoms with Gasteiger partial charge < -0.3 is 14.5 Å². The van der Waals surface area contributed by atoms with Crippen molar-refractivity contribution in [3.05, 3.63) is 96.1 Å². The van der Waals surface area contributed by atoms with Crippen LogP contribution in [0.25, 0.3) is 0 Å². The van der Waals surface area contributed by atoms with Gasteiger partial charge >= 0.3 is 0 Å². The summed E-state index contributed by atoms with van der Waals surface area (Å²) in [5.41, 5.74) is 3.26. The van der Waals surface area contributed by atoms with Gasteiger partial charge in [-0.1, -0.05) is 74.0 Å². The van der Waals surface area contributed by atoms with Crippen molar-refractivity contribution in [1.82, 2.24) is 0 Å². The Morgan fingerprint density at radius 3 is 2.00 bits per heavy atom.